The van der Waals surface area contributed by atoms with Crippen molar-refractivity contribution in [2.24, 2.45) is 5.92 Å². The molecule has 0 fully saturated rings. The van der Waals surface area contributed by atoms with Crippen LogP contribution in [0.1, 0.15) is 12.5 Å². The Hall–Kier alpha value is -2.57. The maximum absolute atomic E-state index is 10.7. The molecule has 7 nitrogen and oxygen atoms in total. The number of carboxylic acid groups (broad SMARTS) is 3. The Morgan fingerprint density at radius 2 is 1.50 bits per heavy atom. The summed E-state index contributed by atoms with van der Waals surface area (Å²) in [5.41, 5.74) is 0.731. The monoisotopic (exact) mass is 282 g/mol. The Balaban J connectivity index is 2.73. The molecule has 3 N–H and O–H groups in total. The van der Waals surface area contributed by atoms with Gasteiger partial charge in [0.15, 0.2) is 0 Å². The van der Waals surface area contributed by atoms with Crippen molar-refractivity contribution in [1.29, 1.82) is 0 Å². The summed E-state index contributed by atoms with van der Waals surface area (Å²) in [5, 5.41) is 26.1. The molecule has 0 heterocycles. The van der Waals surface area contributed by atoms with E-state index in [-0.39, 0.29) is 5.75 Å². The molecule has 1 atom stereocenters. The van der Waals surface area contributed by atoms with E-state index in [0.29, 0.717) is 6.42 Å². The van der Waals surface area contributed by atoms with Gasteiger partial charge in [-0.25, -0.2) is 9.59 Å². The lowest BCUT2D eigenvalue weighted by Crippen LogP contribution is -2.35. The van der Waals surface area contributed by atoms with E-state index < -0.39 is 29.9 Å². The van der Waals surface area contributed by atoms with Gasteiger partial charge in [0.05, 0.1) is 5.92 Å². The Morgan fingerprint density at radius 3 is 1.90 bits per heavy atom. The predicted octanol–water partition coefficient (Wildman–Crippen LogP) is 0.866. The highest BCUT2D eigenvalue weighted by atomic mass is 16.5. The highest BCUT2D eigenvalue weighted by molar-refractivity contribution is 5.96. The first-order chi connectivity index (χ1) is 9.31. The molecule has 7 heteroatoms. The smallest absolute Gasteiger partial charge is 0.356 e. The van der Waals surface area contributed by atoms with Gasteiger partial charge in [0.2, 0.25) is 0 Å². The molecule has 0 aliphatic rings. The third kappa shape index (κ3) is 4.27. The SMILES string of the molecule is C[C@@H](Cc1ccc(OC(C(=O)O)C(=O)O)cc1)C(=O)O. The standard InChI is InChI=1S/C13H14O7/c1-7(11(14)15)6-8-2-4-9(5-3-8)20-10(12(16)17)13(18)19/h2-5,7,10H,6H2,1H3,(H,14,15)(H,16,17)(H,18,19)/t7-/m0/s1. The molecule has 0 unspecified atom stereocenters. The van der Waals surface area contributed by atoms with E-state index in [9.17, 15) is 14.4 Å². The molecule has 0 amide bonds. The van der Waals surface area contributed by atoms with Crippen LogP contribution < -0.4 is 4.74 Å². The van der Waals surface area contributed by atoms with Gasteiger partial charge in [-0.3, -0.25) is 4.79 Å². The first-order valence-electron chi connectivity index (χ1n) is 5.75. The molecule has 0 saturated heterocycles. The topological polar surface area (TPSA) is 121 Å². The molecule has 0 aliphatic carbocycles. The van der Waals surface area contributed by atoms with E-state index >= 15 is 0 Å². The molecule has 0 spiro atoms. The summed E-state index contributed by atoms with van der Waals surface area (Å²) in [7, 11) is 0. The summed E-state index contributed by atoms with van der Waals surface area (Å²) in [4.78, 5) is 32.0. The molecule has 0 aromatic heterocycles. The fraction of sp³-hybridized carbons (Fsp3) is 0.308. The van der Waals surface area contributed by atoms with E-state index in [1.54, 1.807) is 19.1 Å². The molecule has 0 aliphatic heterocycles. The molecule has 0 saturated carbocycles. The van der Waals surface area contributed by atoms with Crippen LogP contribution in [0.4, 0.5) is 0 Å². The van der Waals surface area contributed by atoms with Crippen molar-refractivity contribution in [2.75, 3.05) is 0 Å². The molecular weight excluding hydrogens is 268 g/mol. The number of aliphatic carboxylic acids is 3. The van der Waals surface area contributed by atoms with Gasteiger partial charge < -0.3 is 20.1 Å². The first kappa shape index (κ1) is 15.5. The van der Waals surface area contributed by atoms with Crippen molar-refractivity contribution in [3.63, 3.8) is 0 Å². The number of benzene rings is 1. The molecule has 20 heavy (non-hydrogen) atoms. The largest absolute Gasteiger partial charge is 0.481 e. The van der Waals surface area contributed by atoms with E-state index in [0.717, 1.165) is 5.56 Å². The summed E-state index contributed by atoms with van der Waals surface area (Å²) >= 11 is 0. The average Bonchev–Trinajstić information content (AvgIpc) is 2.36. The highest BCUT2D eigenvalue weighted by Crippen LogP contribution is 2.16. The summed E-state index contributed by atoms with van der Waals surface area (Å²) in [5.74, 6) is -4.57. The number of hydrogen-bond acceptors (Lipinski definition) is 4. The van der Waals surface area contributed by atoms with Gasteiger partial charge in [0.25, 0.3) is 6.10 Å². The first-order valence-corrected chi connectivity index (χ1v) is 5.75. The van der Waals surface area contributed by atoms with Crippen molar-refractivity contribution >= 4 is 17.9 Å². The second kappa shape index (κ2) is 6.55. The highest BCUT2D eigenvalue weighted by Gasteiger charge is 2.27. The Kier molecular flexibility index (Phi) is 5.08. The van der Waals surface area contributed by atoms with Gasteiger partial charge in [0.1, 0.15) is 5.75 Å². The van der Waals surface area contributed by atoms with Crippen LogP contribution in [0.2, 0.25) is 0 Å². The molecular formula is C13H14O7. The van der Waals surface area contributed by atoms with Crippen molar-refractivity contribution in [1.82, 2.24) is 0 Å². The van der Waals surface area contributed by atoms with Crippen LogP contribution in [0.15, 0.2) is 24.3 Å². The summed E-state index contributed by atoms with van der Waals surface area (Å²) in [6.07, 6.45) is -1.66. The van der Waals surface area contributed by atoms with Crippen molar-refractivity contribution < 1.29 is 34.4 Å². The Bertz CT molecular complexity index is 492. The second-order valence-electron chi connectivity index (χ2n) is 4.26. The lowest BCUT2D eigenvalue weighted by Gasteiger charge is -2.12. The summed E-state index contributed by atoms with van der Waals surface area (Å²) < 4.78 is 4.83. The van der Waals surface area contributed by atoms with Crippen LogP contribution in [-0.2, 0) is 20.8 Å². The number of carboxylic acids is 3. The maximum atomic E-state index is 10.7. The zero-order valence-corrected chi connectivity index (χ0v) is 10.6. The number of ether oxygens (including phenoxy) is 1. The van der Waals surface area contributed by atoms with Crippen LogP contribution in [0.5, 0.6) is 5.75 Å². The van der Waals surface area contributed by atoms with Gasteiger partial charge in [-0.05, 0) is 24.1 Å². The zero-order chi connectivity index (χ0) is 15.3. The minimum Gasteiger partial charge on any atom is -0.481 e. The van der Waals surface area contributed by atoms with E-state index in [1.807, 2.05) is 0 Å². The fourth-order valence-electron chi connectivity index (χ4n) is 1.49. The van der Waals surface area contributed by atoms with Gasteiger partial charge in [-0.1, -0.05) is 19.1 Å². The number of carbonyl (C=O) groups is 3. The van der Waals surface area contributed by atoms with E-state index in [2.05, 4.69) is 0 Å². The Morgan fingerprint density at radius 1 is 1.00 bits per heavy atom. The fourth-order valence-corrected chi connectivity index (χ4v) is 1.49. The van der Waals surface area contributed by atoms with Crippen LogP contribution in [0.25, 0.3) is 0 Å². The van der Waals surface area contributed by atoms with E-state index in [1.165, 1.54) is 12.1 Å². The molecule has 0 bridgehead atoms. The quantitative estimate of drug-likeness (QED) is 0.634. The van der Waals surface area contributed by atoms with Gasteiger partial charge >= 0.3 is 17.9 Å². The van der Waals surface area contributed by atoms with Crippen LogP contribution >= 0.6 is 0 Å². The lowest BCUT2D eigenvalue weighted by atomic mass is 10.0. The minimum absolute atomic E-state index is 0.0894. The normalized spacial score (nSPS) is 11.9. The van der Waals surface area contributed by atoms with Gasteiger partial charge in [-0.2, -0.15) is 0 Å². The van der Waals surface area contributed by atoms with Gasteiger partial charge in [0, 0.05) is 0 Å². The van der Waals surface area contributed by atoms with Crippen LogP contribution in [0.3, 0.4) is 0 Å². The van der Waals surface area contributed by atoms with Gasteiger partial charge in [-0.15, -0.1) is 0 Å². The predicted molar refractivity (Wildman–Crippen MR) is 66.6 cm³/mol. The molecule has 1 aromatic rings. The average molecular weight is 282 g/mol. The molecule has 0 radical (unpaired) electrons. The second-order valence-corrected chi connectivity index (χ2v) is 4.26. The van der Waals surface area contributed by atoms with Crippen molar-refractivity contribution in [3.8, 4) is 5.75 Å². The number of rotatable bonds is 7. The maximum Gasteiger partial charge on any atom is 0.356 e. The number of hydrogen-bond donors (Lipinski definition) is 3. The van der Waals surface area contributed by atoms with Crippen LogP contribution in [0, 0.1) is 5.92 Å². The summed E-state index contributed by atoms with van der Waals surface area (Å²) in [6, 6.07) is 5.94. The molecule has 1 aromatic carbocycles. The summed E-state index contributed by atoms with van der Waals surface area (Å²) in [6.45, 7) is 1.57. The van der Waals surface area contributed by atoms with Crippen molar-refractivity contribution in [2.45, 2.75) is 19.4 Å². The minimum atomic E-state index is -1.97. The molecule has 108 valence electrons. The van der Waals surface area contributed by atoms with E-state index in [4.69, 9.17) is 20.1 Å². The third-order valence-corrected chi connectivity index (χ3v) is 2.59. The Labute approximate surface area is 114 Å². The third-order valence-electron chi connectivity index (χ3n) is 2.59. The molecule has 1 rings (SSSR count). The zero-order valence-electron chi connectivity index (χ0n) is 10.6. The van der Waals surface area contributed by atoms with Crippen LogP contribution in [-0.4, -0.2) is 39.3 Å². The van der Waals surface area contributed by atoms with Crippen molar-refractivity contribution in [3.05, 3.63) is 29.8 Å². The lowest BCUT2D eigenvalue weighted by molar-refractivity contribution is -0.159.